The summed E-state index contributed by atoms with van der Waals surface area (Å²) in [5, 5.41) is 9.79. The van der Waals surface area contributed by atoms with E-state index >= 15 is 0 Å². The van der Waals surface area contributed by atoms with Crippen molar-refractivity contribution < 1.29 is 37.0 Å². The molecule has 260 valence electrons. The average Bonchev–Trinajstić information content (AvgIpc) is 3.42. The molecular formula is C34H43F3N6O5. The van der Waals surface area contributed by atoms with Crippen LogP contribution in [-0.2, 0) is 20.8 Å². The quantitative estimate of drug-likeness (QED) is 0.142. The molecule has 0 bridgehead atoms. The second-order valence-electron chi connectivity index (χ2n) is 11.2. The maximum atomic E-state index is 13.7. The Morgan fingerprint density at radius 1 is 1.02 bits per heavy atom. The first kappa shape index (κ1) is 36.4. The standard InChI is InChI=1S/C34H43F3N6O5/c1-39-33(45)24-8-9-29(31(21-24)46-2)40-14-4-5-26-22-27-28(6-3-7-30(27)43(26)23-34(35,36)37)41-25-10-15-42(16-11-25)32(44)12-17-47-19-20-48-18-13-38/h3,6-9,21-22,25,40-41H,10-20,23,38H2,1-2H3,(H,39,45). The number of fused-ring (bicyclic) bond motifs is 1. The van der Waals surface area contributed by atoms with Gasteiger partial charge in [0.15, 0.2) is 0 Å². The van der Waals surface area contributed by atoms with Crippen molar-refractivity contribution in [1.82, 2.24) is 14.8 Å². The number of nitrogens with zero attached hydrogens (tertiary/aromatic N) is 2. The molecule has 0 unspecified atom stereocenters. The predicted octanol–water partition coefficient (Wildman–Crippen LogP) is 3.82. The van der Waals surface area contributed by atoms with Crippen LogP contribution in [0.15, 0.2) is 42.5 Å². The van der Waals surface area contributed by atoms with E-state index in [1.807, 2.05) is 11.0 Å². The summed E-state index contributed by atoms with van der Waals surface area (Å²) in [4.78, 5) is 26.4. The van der Waals surface area contributed by atoms with Crippen molar-refractivity contribution >= 4 is 34.1 Å². The van der Waals surface area contributed by atoms with Crippen molar-refractivity contribution in [3.8, 4) is 17.6 Å². The number of ether oxygens (including phenoxy) is 3. The monoisotopic (exact) mass is 672 g/mol. The minimum Gasteiger partial charge on any atom is -0.495 e. The first-order chi connectivity index (χ1) is 23.1. The molecule has 48 heavy (non-hydrogen) atoms. The molecule has 2 aromatic carbocycles. The number of amides is 2. The van der Waals surface area contributed by atoms with E-state index in [1.165, 1.54) is 18.7 Å². The Morgan fingerprint density at radius 3 is 2.46 bits per heavy atom. The lowest BCUT2D eigenvalue weighted by molar-refractivity contribution is -0.140. The summed E-state index contributed by atoms with van der Waals surface area (Å²) < 4.78 is 58.3. The topological polar surface area (TPSA) is 132 Å². The van der Waals surface area contributed by atoms with Crippen LogP contribution in [0.5, 0.6) is 5.75 Å². The highest BCUT2D eigenvalue weighted by atomic mass is 19.4. The van der Waals surface area contributed by atoms with E-state index in [0.29, 0.717) is 92.5 Å². The van der Waals surface area contributed by atoms with Gasteiger partial charge in [-0.1, -0.05) is 12.0 Å². The number of nitrogens with two attached hydrogens (primary N) is 1. The number of nitrogens with one attached hydrogen (secondary N) is 3. The Morgan fingerprint density at radius 2 is 1.77 bits per heavy atom. The molecule has 14 heteroatoms. The van der Waals surface area contributed by atoms with E-state index in [2.05, 4.69) is 27.8 Å². The molecular weight excluding hydrogens is 629 g/mol. The van der Waals surface area contributed by atoms with Crippen LogP contribution in [0.3, 0.4) is 0 Å². The number of methoxy groups -OCH3 is 1. The third-order valence-electron chi connectivity index (χ3n) is 7.86. The van der Waals surface area contributed by atoms with E-state index in [9.17, 15) is 22.8 Å². The molecule has 0 spiro atoms. The van der Waals surface area contributed by atoms with Crippen LogP contribution < -0.4 is 26.4 Å². The van der Waals surface area contributed by atoms with Gasteiger partial charge in [-0.25, -0.2) is 0 Å². The van der Waals surface area contributed by atoms with E-state index in [1.54, 1.807) is 36.4 Å². The molecule has 1 aliphatic rings. The second-order valence-corrected chi connectivity index (χ2v) is 11.2. The molecule has 1 aliphatic heterocycles. The van der Waals surface area contributed by atoms with Crippen LogP contribution in [0.25, 0.3) is 10.9 Å². The smallest absolute Gasteiger partial charge is 0.406 e. The van der Waals surface area contributed by atoms with Gasteiger partial charge in [0.1, 0.15) is 12.3 Å². The van der Waals surface area contributed by atoms with Gasteiger partial charge in [-0.05, 0) is 55.2 Å². The zero-order chi connectivity index (χ0) is 34.5. The number of carbonyl (C=O) groups excluding carboxylic acids is 2. The Hall–Kier alpha value is -4.45. The highest BCUT2D eigenvalue weighted by Gasteiger charge is 2.30. The summed E-state index contributed by atoms with van der Waals surface area (Å²) in [5.41, 5.74) is 7.75. The lowest BCUT2D eigenvalue weighted by atomic mass is 10.0. The first-order valence-corrected chi connectivity index (χ1v) is 15.8. The summed E-state index contributed by atoms with van der Waals surface area (Å²) in [7, 11) is 3.01. The van der Waals surface area contributed by atoms with Gasteiger partial charge in [0.2, 0.25) is 5.91 Å². The summed E-state index contributed by atoms with van der Waals surface area (Å²) in [6, 6.07) is 11.9. The fourth-order valence-corrected chi connectivity index (χ4v) is 5.48. The van der Waals surface area contributed by atoms with E-state index in [-0.39, 0.29) is 36.5 Å². The molecule has 1 fully saturated rings. The third-order valence-corrected chi connectivity index (χ3v) is 7.86. The number of hydrogen-bond donors (Lipinski definition) is 4. The van der Waals surface area contributed by atoms with Crippen molar-refractivity contribution in [3.05, 3.63) is 53.7 Å². The Kier molecular flexibility index (Phi) is 13.4. The van der Waals surface area contributed by atoms with Crippen LogP contribution in [0, 0.1) is 11.8 Å². The predicted molar refractivity (Wildman–Crippen MR) is 178 cm³/mol. The van der Waals surface area contributed by atoms with E-state index in [4.69, 9.17) is 19.9 Å². The van der Waals surface area contributed by atoms with E-state index < -0.39 is 12.7 Å². The SMILES string of the molecule is CNC(=O)c1ccc(NCC#Cc2cc3c(NC4CCN(C(=O)CCOCCOCCN)CC4)cccc3n2CC(F)(F)F)c(OC)c1. The summed E-state index contributed by atoms with van der Waals surface area (Å²) in [5.74, 6) is 6.03. The molecule has 2 amide bonds. The fourth-order valence-electron chi connectivity index (χ4n) is 5.48. The minimum absolute atomic E-state index is 0.0275. The molecule has 0 atom stereocenters. The van der Waals surface area contributed by atoms with Crippen molar-refractivity contribution in [2.75, 3.05) is 77.4 Å². The van der Waals surface area contributed by atoms with Gasteiger partial charge in [-0.3, -0.25) is 9.59 Å². The molecule has 0 aliphatic carbocycles. The molecule has 0 radical (unpaired) electrons. The maximum absolute atomic E-state index is 13.7. The van der Waals surface area contributed by atoms with Crippen molar-refractivity contribution in [2.24, 2.45) is 5.73 Å². The van der Waals surface area contributed by atoms with Crippen molar-refractivity contribution in [2.45, 2.75) is 38.0 Å². The lowest BCUT2D eigenvalue weighted by Gasteiger charge is -2.33. The van der Waals surface area contributed by atoms with Crippen LogP contribution in [0.1, 0.15) is 35.3 Å². The Labute approximate surface area is 278 Å². The van der Waals surface area contributed by atoms with E-state index in [0.717, 1.165) is 0 Å². The molecule has 5 N–H and O–H groups in total. The maximum Gasteiger partial charge on any atom is 0.406 e. The third kappa shape index (κ3) is 10.3. The van der Waals surface area contributed by atoms with Crippen molar-refractivity contribution in [1.29, 1.82) is 0 Å². The number of alkyl halides is 3. The molecule has 1 saturated heterocycles. The van der Waals surface area contributed by atoms with Crippen LogP contribution in [-0.4, -0.2) is 100 Å². The largest absolute Gasteiger partial charge is 0.495 e. The number of halogens is 3. The van der Waals surface area contributed by atoms with Gasteiger partial charge < -0.3 is 45.4 Å². The second kappa shape index (κ2) is 17.6. The number of benzene rings is 2. The minimum atomic E-state index is -4.45. The Bertz CT molecular complexity index is 1590. The summed E-state index contributed by atoms with van der Waals surface area (Å²) >= 11 is 0. The molecule has 2 heterocycles. The van der Waals surface area contributed by atoms with Gasteiger partial charge in [0.25, 0.3) is 5.91 Å². The summed E-state index contributed by atoms with van der Waals surface area (Å²) in [6.07, 6.45) is -2.76. The Balaban J connectivity index is 1.40. The number of piperidine rings is 1. The molecule has 11 nitrogen and oxygen atoms in total. The number of anilines is 2. The zero-order valence-corrected chi connectivity index (χ0v) is 27.3. The van der Waals surface area contributed by atoms with Gasteiger partial charge in [0, 0.05) is 49.4 Å². The molecule has 4 rings (SSSR count). The van der Waals surface area contributed by atoms with Gasteiger partial charge in [-0.15, -0.1) is 0 Å². The number of rotatable bonds is 15. The number of aromatic nitrogens is 1. The first-order valence-electron chi connectivity index (χ1n) is 15.8. The van der Waals surface area contributed by atoms with Crippen molar-refractivity contribution in [3.63, 3.8) is 0 Å². The van der Waals surface area contributed by atoms with Gasteiger partial charge in [-0.2, -0.15) is 13.2 Å². The molecule has 1 aromatic heterocycles. The number of hydrogen-bond acceptors (Lipinski definition) is 8. The van der Waals surface area contributed by atoms with Crippen LogP contribution >= 0.6 is 0 Å². The zero-order valence-electron chi connectivity index (χ0n) is 27.3. The highest BCUT2D eigenvalue weighted by molar-refractivity contribution is 5.95. The van der Waals surface area contributed by atoms with Crippen LogP contribution in [0.4, 0.5) is 24.5 Å². The molecule has 0 saturated carbocycles. The van der Waals surface area contributed by atoms with Gasteiger partial charge >= 0.3 is 6.18 Å². The lowest BCUT2D eigenvalue weighted by Crippen LogP contribution is -2.42. The number of likely N-dealkylation sites (tertiary alicyclic amines) is 1. The summed E-state index contributed by atoms with van der Waals surface area (Å²) in [6.45, 7) is 2.18. The number of carbonyl (C=O) groups is 2. The normalized spacial score (nSPS) is 13.6. The van der Waals surface area contributed by atoms with Crippen LogP contribution in [0.2, 0.25) is 0 Å². The fraction of sp³-hybridized carbons (Fsp3) is 0.471. The highest BCUT2D eigenvalue weighted by Crippen LogP contribution is 2.31. The average molecular weight is 673 g/mol. The molecule has 3 aromatic rings. The van der Waals surface area contributed by atoms with Gasteiger partial charge in [0.05, 0.1) is 63.4 Å².